The molecule has 10 nitrogen and oxygen atoms in total. The van der Waals surface area contributed by atoms with Gasteiger partial charge in [-0.3, -0.25) is 0 Å². The summed E-state index contributed by atoms with van der Waals surface area (Å²) in [5.41, 5.74) is 4.94. The molecule has 2 aromatic heterocycles. The molecule has 4 rings (SSSR count). The highest BCUT2D eigenvalue weighted by Crippen LogP contribution is 2.49. The molecule has 0 aliphatic rings. The molecule has 0 saturated carbocycles. The zero-order valence-corrected chi connectivity index (χ0v) is 30.3. The normalized spacial score (nSPS) is 12.0. The molecule has 240 valence electrons. The minimum atomic E-state index is -4.94. The van der Waals surface area contributed by atoms with Gasteiger partial charge in [0.2, 0.25) is 0 Å². The van der Waals surface area contributed by atoms with Crippen molar-refractivity contribution in [1.29, 1.82) is 0 Å². The van der Waals surface area contributed by atoms with E-state index >= 15 is 0 Å². The van der Waals surface area contributed by atoms with Crippen LogP contribution in [0.1, 0.15) is 29.3 Å². The van der Waals surface area contributed by atoms with Crippen molar-refractivity contribution in [3.63, 3.8) is 0 Å². The molecule has 0 spiro atoms. The van der Waals surface area contributed by atoms with Crippen LogP contribution in [0.15, 0.2) is 56.9 Å². The third-order valence-electron chi connectivity index (χ3n) is 5.22. The fourth-order valence-electron chi connectivity index (χ4n) is 3.53. The quantitative estimate of drug-likeness (QED) is 0.133. The van der Waals surface area contributed by atoms with Crippen LogP contribution in [0.25, 0.3) is 11.1 Å². The fourth-order valence-corrected chi connectivity index (χ4v) is 11.1. The zero-order chi connectivity index (χ0) is 33.2. The first-order valence-corrected chi connectivity index (χ1v) is 19.9. The number of halogens is 2. The van der Waals surface area contributed by atoms with E-state index in [2.05, 4.69) is 74.9 Å². The Hall–Kier alpha value is -1.16. The topological polar surface area (TPSA) is 203 Å². The molecule has 0 fully saturated rings. The Kier molecular flexibility index (Phi) is 15.7. The van der Waals surface area contributed by atoms with Gasteiger partial charge in [-0.25, -0.2) is 37.3 Å². The van der Waals surface area contributed by atoms with E-state index in [1.54, 1.807) is 14.2 Å². The van der Waals surface area contributed by atoms with Crippen molar-refractivity contribution in [3.8, 4) is 11.5 Å². The van der Waals surface area contributed by atoms with Gasteiger partial charge in [-0.15, -0.1) is 20.5 Å². The van der Waals surface area contributed by atoms with Crippen LogP contribution < -0.4 is 46.7 Å². The van der Waals surface area contributed by atoms with Crippen LogP contribution in [-0.4, -0.2) is 26.7 Å². The van der Waals surface area contributed by atoms with Crippen LogP contribution in [0, 0.1) is 34.3 Å². The van der Waals surface area contributed by atoms with Crippen molar-refractivity contribution in [3.05, 3.63) is 77.8 Å². The minimum absolute atomic E-state index is 0.865. The second kappa shape index (κ2) is 17.7. The van der Waals surface area contributed by atoms with E-state index in [0.29, 0.717) is 0 Å². The lowest BCUT2D eigenvalue weighted by atomic mass is 9.96. The third-order valence-corrected chi connectivity index (χ3v) is 13.2. The summed E-state index contributed by atoms with van der Waals surface area (Å²) in [6.45, 7) is 4.44. The highest BCUT2D eigenvalue weighted by Gasteiger charge is 2.33. The molecule has 0 aliphatic carbocycles. The van der Waals surface area contributed by atoms with Crippen molar-refractivity contribution in [2.45, 2.75) is 22.3 Å². The molecule has 0 unspecified atom stereocenters. The van der Waals surface area contributed by atoms with Gasteiger partial charge in [0.1, 0.15) is 34.2 Å². The van der Waals surface area contributed by atoms with Crippen molar-refractivity contribution in [1.82, 2.24) is 0 Å². The summed E-state index contributed by atoms with van der Waals surface area (Å²) in [4.78, 5) is 2.73. The summed E-state index contributed by atoms with van der Waals surface area (Å²) in [7, 11) is -6.46. The Bertz CT molecular complexity index is 1390. The molecule has 0 amide bonds. The second-order valence-corrected chi connectivity index (χ2v) is 16.7. The number of rotatable bonds is 8. The van der Waals surface area contributed by atoms with E-state index in [4.69, 9.17) is 46.7 Å². The molecular weight excluding hydrogens is 736 g/mol. The van der Waals surface area contributed by atoms with E-state index < -0.39 is 20.5 Å². The van der Waals surface area contributed by atoms with Crippen molar-refractivity contribution < 1.29 is 67.2 Å². The van der Waals surface area contributed by atoms with E-state index in [0.717, 1.165) is 11.5 Å². The Morgan fingerprint density at radius 1 is 0.591 bits per heavy atom. The SMILES string of the molecule is COc1ccc(/C(=C(/c2ccc(OC)cc2)c2sc(C)c(SC)[s+]2)c2sc(C)c(SC)[s+]2)cc1.[O-][Cl+3]([O-])([O-])[O-].[O-][Cl+3]([O-])([O-])[O-]. The van der Waals surface area contributed by atoms with E-state index in [9.17, 15) is 0 Å². The molecular formula is C26H26Cl2O10S6. The van der Waals surface area contributed by atoms with Crippen LogP contribution in [0.2, 0.25) is 0 Å². The van der Waals surface area contributed by atoms with Crippen molar-refractivity contribution >= 4 is 80.0 Å². The number of hydrogen-bond acceptors (Lipinski definition) is 14. The number of methoxy groups -OCH3 is 2. The van der Waals surface area contributed by atoms with Crippen molar-refractivity contribution in [2.75, 3.05) is 26.7 Å². The van der Waals surface area contributed by atoms with Gasteiger partial charge in [0, 0.05) is 0 Å². The molecule has 0 aliphatic heterocycles. The smallest absolute Gasteiger partial charge is 0.287 e. The van der Waals surface area contributed by atoms with Crippen LogP contribution in [-0.2, 0) is 0 Å². The van der Waals surface area contributed by atoms with Gasteiger partial charge < -0.3 is 9.47 Å². The maximum Gasteiger partial charge on any atom is 0.287 e. The van der Waals surface area contributed by atoms with Gasteiger partial charge in [0.15, 0.2) is 18.2 Å². The summed E-state index contributed by atoms with van der Waals surface area (Å²) in [6.07, 6.45) is 4.32. The minimum Gasteiger partial charge on any atom is -0.497 e. The number of thioether (sulfide) groups is 2. The molecule has 0 atom stereocenters. The number of benzene rings is 2. The lowest BCUT2D eigenvalue weighted by Crippen LogP contribution is -2.68. The maximum absolute atomic E-state index is 8.49. The molecule has 0 N–H and O–H groups in total. The van der Waals surface area contributed by atoms with Gasteiger partial charge in [0.05, 0.1) is 48.0 Å². The Morgan fingerprint density at radius 2 is 0.864 bits per heavy atom. The third kappa shape index (κ3) is 12.9. The monoisotopic (exact) mass is 760 g/mol. The summed E-state index contributed by atoms with van der Waals surface area (Å²) in [6, 6.07) is 16.9. The predicted octanol–water partition coefficient (Wildman–Crippen LogP) is 0.0680. The highest BCUT2D eigenvalue weighted by molar-refractivity contribution is 8.01. The largest absolute Gasteiger partial charge is 0.497 e. The molecule has 18 heteroatoms. The molecule has 2 heterocycles. The zero-order valence-electron chi connectivity index (χ0n) is 23.9. The summed E-state index contributed by atoms with van der Waals surface area (Å²) in [5.74, 6) is 1.73. The van der Waals surface area contributed by atoms with Gasteiger partial charge >= 0.3 is 0 Å². The van der Waals surface area contributed by atoms with Crippen molar-refractivity contribution in [2.24, 2.45) is 0 Å². The Balaban J connectivity index is 0.000000586. The number of aryl methyl sites for hydroxylation is 2. The van der Waals surface area contributed by atoms with E-state index in [1.165, 1.54) is 48.8 Å². The first-order chi connectivity index (χ1) is 20.5. The molecule has 4 aromatic rings. The molecule has 0 radical (unpaired) electrons. The van der Waals surface area contributed by atoms with Gasteiger partial charge in [-0.1, -0.05) is 47.8 Å². The molecule has 0 bridgehead atoms. The van der Waals surface area contributed by atoms with E-state index in [-0.39, 0.29) is 0 Å². The summed E-state index contributed by atoms with van der Waals surface area (Å²) in [5, 5.41) is 0. The van der Waals surface area contributed by atoms with Crippen LogP contribution in [0.5, 0.6) is 11.5 Å². The van der Waals surface area contributed by atoms with Gasteiger partial charge in [-0.2, -0.15) is 0 Å². The first kappa shape index (κ1) is 39.0. The lowest BCUT2D eigenvalue weighted by molar-refractivity contribution is -2.00. The van der Waals surface area contributed by atoms with Crippen LogP contribution in [0.3, 0.4) is 0 Å². The first-order valence-electron chi connectivity index (χ1n) is 11.7. The average Bonchev–Trinajstić information content (AvgIpc) is 3.51. The lowest BCUT2D eigenvalue weighted by Gasteiger charge is -2.17. The summed E-state index contributed by atoms with van der Waals surface area (Å²) >= 11 is 11.2. The number of ether oxygens (including phenoxy) is 2. The molecule has 0 saturated heterocycles. The molecule has 2 aromatic carbocycles. The van der Waals surface area contributed by atoms with E-state index in [1.807, 2.05) is 68.9 Å². The highest BCUT2D eigenvalue weighted by atomic mass is 35.7. The predicted molar refractivity (Wildman–Crippen MR) is 157 cm³/mol. The van der Waals surface area contributed by atoms with Gasteiger partial charge in [0.25, 0.3) is 8.38 Å². The van der Waals surface area contributed by atoms with Crippen LogP contribution in [0.4, 0.5) is 0 Å². The molecule has 44 heavy (non-hydrogen) atoms. The second-order valence-electron chi connectivity index (χ2n) is 8.04. The number of hydrogen-bond donors (Lipinski definition) is 0. The Morgan fingerprint density at radius 3 is 1.07 bits per heavy atom. The van der Waals surface area contributed by atoms with Gasteiger partial charge in [-0.05, 0) is 61.8 Å². The van der Waals surface area contributed by atoms with Crippen LogP contribution >= 0.6 is 68.9 Å². The standard InChI is InChI=1S/C26H26O2S6.2ClHO4/c1-15-23(29-5)33-25(31-15)21(17-7-11-19(27-3)12-8-17)22(18-9-13-20(28-4)14-10-18)26-32-16(2)24(30-6)34-26;2*2-1(3,4)5/h7-14H,1-6H3;2*(H,2,3,4,5)/q+2;;/p-2. The average molecular weight is 762 g/mol. The Labute approximate surface area is 283 Å². The fraction of sp³-hybridized carbons (Fsp3) is 0.231. The maximum atomic E-state index is 8.49. The summed E-state index contributed by atoms with van der Waals surface area (Å²) < 4.78 is 84.2.